The first kappa shape index (κ1) is 31.4. The number of hydrogen-bond acceptors (Lipinski definition) is 3. The smallest absolute Gasteiger partial charge is 0.170 e. The van der Waals surface area contributed by atoms with E-state index in [1.165, 1.54) is 5.56 Å². The molecule has 10 heteroatoms. The molecule has 3 nitrogen and oxygen atoms in total. The standard InChI is InChI=1S/C23H52O3Si7/c1-27(2,3)24-30(10,11)33(31(12,13)25-28(4,5)6,32(14,15)26-29(7,8)9)22-21-23-19-17-16-18-20-23/h16-22H,1-15H3. The predicted molar refractivity (Wildman–Crippen MR) is 167 cm³/mol. The van der Waals surface area contributed by atoms with Crippen LogP contribution in [-0.2, 0) is 12.3 Å². The lowest BCUT2D eigenvalue weighted by Crippen LogP contribution is -2.88. The zero-order chi connectivity index (χ0) is 26.1. The van der Waals surface area contributed by atoms with Crippen LogP contribution in [0.3, 0.4) is 0 Å². The van der Waals surface area contributed by atoms with Crippen molar-refractivity contribution in [3.63, 3.8) is 0 Å². The Balaban J connectivity index is 4.03. The zero-order valence-electron chi connectivity index (χ0n) is 24.3. The molecule has 0 fully saturated rings. The van der Waals surface area contributed by atoms with Gasteiger partial charge in [-0.3, -0.25) is 0 Å². The van der Waals surface area contributed by atoms with E-state index in [1.807, 2.05) is 0 Å². The summed E-state index contributed by atoms with van der Waals surface area (Å²) >= 11 is 0. The maximum atomic E-state index is 7.31. The van der Waals surface area contributed by atoms with Crippen LogP contribution in [0.25, 0.3) is 6.08 Å². The van der Waals surface area contributed by atoms with Crippen molar-refractivity contribution < 1.29 is 12.3 Å². The Kier molecular flexibility index (Phi) is 9.88. The maximum absolute atomic E-state index is 7.31. The fourth-order valence-corrected chi connectivity index (χ4v) is 110. The molecule has 0 aromatic heterocycles. The number of rotatable bonds is 11. The molecule has 1 rings (SSSR count). The highest BCUT2D eigenvalue weighted by molar-refractivity contribution is 7.89. The third-order valence-corrected chi connectivity index (χ3v) is 79.6. The molecule has 0 radical (unpaired) electrons. The van der Waals surface area contributed by atoms with Gasteiger partial charge in [-0.05, 0) is 104 Å². The molecule has 1 aromatic rings. The summed E-state index contributed by atoms with van der Waals surface area (Å²) in [6.07, 6.45) is 2.40. The fraction of sp³-hybridized carbons (Fsp3) is 0.652. The van der Waals surface area contributed by atoms with Gasteiger partial charge in [0.1, 0.15) is 6.63 Å². The Morgan fingerprint density at radius 2 is 0.788 bits per heavy atom. The third-order valence-electron chi connectivity index (χ3n) is 5.86. The SMILES string of the molecule is C[Si](C)(C)O[Si](C)(C)[Si](C=Cc1ccccc1)([Si](C)(C)O[Si](C)(C)C)[Si](C)(C)O[Si](C)(C)C. The van der Waals surface area contributed by atoms with Crippen LogP contribution >= 0.6 is 0 Å². The molecule has 33 heavy (non-hydrogen) atoms. The van der Waals surface area contributed by atoms with Crippen molar-refractivity contribution >= 4 is 61.2 Å². The van der Waals surface area contributed by atoms with Crippen molar-refractivity contribution in [1.82, 2.24) is 0 Å². The molecule has 0 aliphatic carbocycles. The lowest BCUT2D eigenvalue weighted by molar-refractivity contribution is 0.552. The second-order valence-corrected chi connectivity index (χ2v) is 62.3. The van der Waals surface area contributed by atoms with Gasteiger partial charge in [-0.1, -0.05) is 42.1 Å². The summed E-state index contributed by atoms with van der Waals surface area (Å²) in [6.45, 7) is 33.9. The van der Waals surface area contributed by atoms with Gasteiger partial charge in [0.15, 0.2) is 48.5 Å². The molecule has 0 spiro atoms. The topological polar surface area (TPSA) is 27.7 Å². The fourth-order valence-electron chi connectivity index (χ4n) is 6.10. The molecule has 0 amide bonds. The van der Waals surface area contributed by atoms with Crippen molar-refractivity contribution in [3.8, 4) is 0 Å². The van der Waals surface area contributed by atoms with Gasteiger partial charge < -0.3 is 12.3 Å². The van der Waals surface area contributed by atoms with E-state index in [0.717, 1.165) is 0 Å². The molecule has 0 saturated carbocycles. The molecule has 0 aliphatic heterocycles. The molecular weight excluding hydrogens is 521 g/mol. The Bertz CT molecular complexity index is 733. The average Bonchev–Trinajstić information content (AvgIpc) is 2.48. The van der Waals surface area contributed by atoms with Crippen molar-refractivity contribution in [3.05, 3.63) is 41.6 Å². The van der Waals surface area contributed by atoms with Gasteiger partial charge >= 0.3 is 0 Å². The van der Waals surface area contributed by atoms with E-state index >= 15 is 0 Å². The molecule has 0 atom stereocenters. The van der Waals surface area contributed by atoms with Crippen LogP contribution in [0.2, 0.25) is 98.2 Å². The van der Waals surface area contributed by atoms with E-state index in [9.17, 15) is 0 Å². The normalized spacial score (nSPS) is 15.4. The zero-order valence-corrected chi connectivity index (χ0v) is 31.3. The van der Waals surface area contributed by atoms with Crippen molar-refractivity contribution in [2.45, 2.75) is 98.2 Å². The number of benzene rings is 1. The first-order valence-electron chi connectivity index (χ1n) is 12.3. The summed E-state index contributed by atoms with van der Waals surface area (Å²) in [5, 5.41) is 0. The highest BCUT2D eigenvalue weighted by Gasteiger charge is 2.71. The Morgan fingerprint density at radius 1 is 0.485 bits per heavy atom. The second kappa shape index (κ2) is 10.4. The minimum absolute atomic E-state index is 1.27. The van der Waals surface area contributed by atoms with Gasteiger partial charge in [0.05, 0.1) is 0 Å². The minimum Gasteiger partial charge on any atom is -0.458 e. The quantitative estimate of drug-likeness (QED) is 0.251. The van der Waals surface area contributed by atoms with Gasteiger partial charge in [-0.25, -0.2) is 0 Å². The first-order chi connectivity index (χ1) is 14.4. The molecule has 0 heterocycles. The highest BCUT2D eigenvalue weighted by atomic mass is 29.9. The van der Waals surface area contributed by atoms with E-state index in [-0.39, 0.29) is 0 Å². The molecule has 1 aromatic carbocycles. The van der Waals surface area contributed by atoms with Crippen molar-refractivity contribution in [2.75, 3.05) is 0 Å². The summed E-state index contributed by atoms with van der Waals surface area (Å²) in [4.78, 5) is 0. The monoisotopic (exact) mass is 572 g/mol. The van der Waals surface area contributed by atoms with E-state index in [2.05, 4.69) is 140 Å². The van der Waals surface area contributed by atoms with Crippen LogP contribution in [0.4, 0.5) is 0 Å². The van der Waals surface area contributed by atoms with E-state index < -0.39 is 55.1 Å². The van der Waals surface area contributed by atoms with Crippen LogP contribution in [0.15, 0.2) is 36.0 Å². The van der Waals surface area contributed by atoms with Gasteiger partial charge in [0, 0.05) is 0 Å². The number of hydrogen-bond donors (Lipinski definition) is 0. The van der Waals surface area contributed by atoms with Crippen LogP contribution < -0.4 is 0 Å². The summed E-state index contributed by atoms with van der Waals surface area (Å²) in [5.41, 5.74) is 3.94. The summed E-state index contributed by atoms with van der Waals surface area (Å²) in [7, 11) is -11.9. The molecule has 0 saturated heterocycles. The first-order valence-corrected chi connectivity index (χ1v) is 36.3. The predicted octanol–water partition coefficient (Wildman–Crippen LogP) is 8.09. The van der Waals surface area contributed by atoms with Gasteiger partial charge in [-0.2, -0.15) is 0 Å². The summed E-state index contributed by atoms with van der Waals surface area (Å²) < 4.78 is 21.9. The van der Waals surface area contributed by atoms with Crippen LogP contribution in [-0.4, -0.2) is 55.1 Å². The van der Waals surface area contributed by atoms with Crippen molar-refractivity contribution in [1.29, 1.82) is 0 Å². The largest absolute Gasteiger partial charge is 0.458 e. The Hall–Kier alpha value is 0.358. The third kappa shape index (κ3) is 8.46. The van der Waals surface area contributed by atoms with Gasteiger partial charge in [0.2, 0.25) is 0 Å². The van der Waals surface area contributed by atoms with Crippen LogP contribution in [0, 0.1) is 0 Å². The van der Waals surface area contributed by atoms with E-state index in [0.29, 0.717) is 0 Å². The molecule has 0 aliphatic rings. The molecule has 0 bridgehead atoms. The second-order valence-electron chi connectivity index (χ2n) is 13.7. The molecular formula is C23H52O3Si7. The molecule has 0 N–H and O–H groups in total. The summed E-state index contributed by atoms with van der Waals surface area (Å²) in [5.74, 6) is 0. The summed E-state index contributed by atoms with van der Waals surface area (Å²) in [6, 6.07) is 10.8. The molecule has 0 unspecified atom stereocenters. The van der Waals surface area contributed by atoms with E-state index in [1.54, 1.807) is 0 Å². The lowest BCUT2D eigenvalue weighted by atomic mass is 10.2. The van der Waals surface area contributed by atoms with Crippen LogP contribution in [0.1, 0.15) is 5.56 Å². The maximum Gasteiger partial charge on any atom is 0.170 e. The van der Waals surface area contributed by atoms with Gasteiger partial charge in [-0.15, -0.1) is 0 Å². The van der Waals surface area contributed by atoms with Gasteiger partial charge in [0.25, 0.3) is 0 Å². The van der Waals surface area contributed by atoms with Crippen LogP contribution in [0.5, 0.6) is 0 Å². The highest BCUT2D eigenvalue weighted by Crippen LogP contribution is 2.43. The van der Waals surface area contributed by atoms with E-state index in [4.69, 9.17) is 12.3 Å². The Labute approximate surface area is 212 Å². The van der Waals surface area contributed by atoms with Crippen molar-refractivity contribution in [2.24, 2.45) is 0 Å². The Morgan fingerprint density at radius 3 is 1.06 bits per heavy atom. The molecule has 190 valence electrons. The lowest BCUT2D eigenvalue weighted by Gasteiger charge is -2.59. The minimum atomic E-state index is -2.32. The average molecular weight is 573 g/mol.